The van der Waals surface area contributed by atoms with Gasteiger partial charge in [0.1, 0.15) is 11.9 Å². The fourth-order valence-electron chi connectivity index (χ4n) is 3.88. The molecule has 3 rings (SSSR count). The average molecular weight is 390 g/mol. The molecule has 3 aromatic carbocycles. The highest BCUT2D eigenvalue weighted by Gasteiger charge is 2.28. The highest BCUT2D eigenvalue weighted by Crippen LogP contribution is 2.37. The largest absolute Gasteiger partial charge is 0.497 e. The first-order valence-electron chi connectivity index (χ1n) is 10.0. The summed E-state index contributed by atoms with van der Waals surface area (Å²) in [5, 5.41) is 0. The van der Waals surface area contributed by atoms with Gasteiger partial charge in [0.05, 0.1) is 19.8 Å². The van der Waals surface area contributed by atoms with Gasteiger partial charge in [-0.05, 0) is 67.9 Å². The maximum absolute atomic E-state index is 6.64. The normalized spacial score (nSPS) is 13.3. The Balaban J connectivity index is 1.95. The molecule has 0 aliphatic carbocycles. The van der Waals surface area contributed by atoms with Crippen molar-refractivity contribution in [2.75, 3.05) is 21.2 Å². The Hall–Kier alpha value is -2.62. The highest BCUT2D eigenvalue weighted by atomic mass is 16.5. The van der Waals surface area contributed by atoms with Crippen molar-refractivity contribution >= 4 is 0 Å². The van der Waals surface area contributed by atoms with Crippen molar-refractivity contribution in [3.63, 3.8) is 0 Å². The number of benzene rings is 3. The van der Waals surface area contributed by atoms with E-state index in [2.05, 4.69) is 99.6 Å². The summed E-state index contributed by atoms with van der Waals surface area (Å²) in [6.45, 7) is 4.79. The molecule has 29 heavy (non-hydrogen) atoms. The Morgan fingerprint density at radius 3 is 1.79 bits per heavy atom. The first-order valence-corrected chi connectivity index (χ1v) is 10.0. The van der Waals surface area contributed by atoms with Crippen molar-refractivity contribution in [1.29, 1.82) is 0 Å². The number of aryl methyl sites for hydroxylation is 2. The van der Waals surface area contributed by atoms with Crippen LogP contribution in [-0.2, 0) is 11.3 Å². The molecule has 0 saturated heterocycles. The van der Waals surface area contributed by atoms with Gasteiger partial charge in [-0.15, -0.1) is 0 Å². The van der Waals surface area contributed by atoms with E-state index in [4.69, 9.17) is 9.47 Å². The number of methoxy groups -OCH3 is 1. The standard InChI is InChI=1S/C26H31NO2/c1-19-16-23(28-5)17-20(2)24(19)18-29-26(22-14-10-7-11-15-22)25(27(3)4)21-12-8-6-9-13-21/h6-17,25-26H,18H2,1-5H3/t25-,26-/m1/s1. The van der Waals surface area contributed by atoms with Gasteiger partial charge in [-0.2, -0.15) is 0 Å². The van der Waals surface area contributed by atoms with E-state index in [9.17, 15) is 0 Å². The van der Waals surface area contributed by atoms with Crippen LogP contribution in [0.2, 0.25) is 0 Å². The zero-order chi connectivity index (χ0) is 20.8. The van der Waals surface area contributed by atoms with E-state index in [1.807, 2.05) is 6.07 Å². The van der Waals surface area contributed by atoms with Gasteiger partial charge in [-0.3, -0.25) is 4.90 Å². The molecule has 0 fully saturated rings. The molecular formula is C26H31NO2. The molecule has 0 N–H and O–H groups in total. The Bertz CT molecular complexity index is 884. The zero-order valence-electron chi connectivity index (χ0n) is 18.1. The minimum atomic E-state index is -0.0884. The molecule has 0 amide bonds. The minimum absolute atomic E-state index is 0.0884. The van der Waals surface area contributed by atoms with Crippen molar-refractivity contribution in [1.82, 2.24) is 4.90 Å². The van der Waals surface area contributed by atoms with Crippen LogP contribution >= 0.6 is 0 Å². The minimum Gasteiger partial charge on any atom is -0.497 e. The zero-order valence-corrected chi connectivity index (χ0v) is 18.1. The van der Waals surface area contributed by atoms with Crippen LogP contribution in [0.3, 0.4) is 0 Å². The first kappa shape index (κ1) is 21.1. The molecule has 3 nitrogen and oxygen atoms in total. The lowest BCUT2D eigenvalue weighted by Crippen LogP contribution is -2.28. The number of likely N-dealkylation sites (N-methyl/N-ethyl adjacent to an activating group) is 1. The van der Waals surface area contributed by atoms with Crippen LogP contribution in [0.25, 0.3) is 0 Å². The lowest BCUT2D eigenvalue weighted by atomic mass is 9.94. The van der Waals surface area contributed by atoms with E-state index in [1.54, 1.807) is 7.11 Å². The molecule has 3 heteroatoms. The van der Waals surface area contributed by atoms with Gasteiger partial charge in [0.2, 0.25) is 0 Å². The van der Waals surface area contributed by atoms with Crippen LogP contribution in [0.5, 0.6) is 5.75 Å². The van der Waals surface area contributed by atoms with Crippen molar-refractivity contribution in [3.05, 3.63) is 101 Å². The van der Waals surface area contributed by atoms with E-state index in [0.717, 1.165) is 5.75 Å². The van der Waals surface area contributed by atoms with Crippen molar-refractivity contribution in [2.45, 2.75) is 32.6 Å². The predicted octanol–water partition coefficient (Wildman–Crippen LogP) is 5.87. The molecule has 152 valence electrons. The Labute approximate surface area is 174 Å². The van der Waals surface area contributed by atoms with Gasteiger partial charge >= 0.3 is 0 Å². The summed E-state index contributed by atoms with van der Waals surface area (Å²) in [6.07, 6.45) is -0.0884. The summed E-state index contributed by atoms with van der Waals surface area (Å²) >= 11 is 0. The quantitative estimate of drug-likeness (QED) is 0.481. The SMILES string of the molecule is COc1cc(C)c(CO[C@H](c2ccccc2)[C@@H](c2ccccc2)N(C)C)c(C)c1. The molecule has 0 bridgehead atoms. The molecule has 3 aromatic rings. The topological polar surface area (TPSA) is 21.7 Å². The second-order valence-corrected chi connectivity index (χ2v) is 7.70. The molecule has 0 radical (unpaired) electrons. The third kappa shape index (κ3) is 5.06. The Kier molecular flexibility index (Phi) is 7.08. The van der Waals surface area contributed by atoms with Crippen molar-refractivity contribution in [2.24, 2.45) is 0 Å². The van der Waals surface area contributed by atoms with Crippen LogP contribution in [-0.4, -0.2) is 26.1 Å². The predicted molar refractivity (Wildman–Crippen MR) is 119 cm³/mol. The van der Waals surface area contributed by atoms with E-state index in [-0.39, 0.29) is 12.1 Å². The molecule has 0 aromatic heterocycles. The third-order valence-electron chi connectivity index (χ3n) is 5.42. The summed E-state index contributed by atoms with van der Waals surface area (Å²) in [5.74, 6) is 0.888. The Morgan fingerprint density at radius 2 is 1.31 bits per heavy atom. The van der Waals surface area contributed by atoms with Gasteiger partial charge in [0.15, 0.2) is 0 Å². The molecule has 2 atom stereocenters. The highest BCUT2D eigenvalue weighted by molar-refractivity contribution is 5.40. The molecule has 0 aliphatic heterocycles. The number of ether oxygens (including phenoxy) is 2. The molecule has 0 aliphatic rings. The number of hydrogen-bond donors (Lipinski definition) is 0. The van der Waals surface area contributed by atoms with E-state index in [1.165, 1.54) is 27.8 Å². The molecular weight excluding hydrogens is 358 g/mol. The van der Waals surface area contributed by atoms with Crippen LogP contribution < -0.4 is 4.74 Å². The van der Waals surface area contributed by atoms with Crippen LogP contribution in [0.4, 0.5) is 0 Å². The summed E-state index contributed by atoms with van der Waals surface area (Å²) in [7, 11) is 5.93. The van der Waals surface area contributed by atoms with Gasteiger partial charge in [0.25, 0.3) is 0 Å². The Morgan fingerprint density at radius 1 is 0.793 bits per heavy atom. The van der Waals surface area contributed by atoms with Crippen LogP contribution in [0.1, 0.15) is 40.0 Å². The van der Waals surface area contributed by atoms with Crippen molar-refractivity contribution < 1.29 is 9.47 Å². The summed E-state index contributed by atoms with van der Waals surface area (Å²) in [6, 6.07) is 25.3. The summed E-state index contributed by atoms with van der Waals surface area (Å²) in [4.78, 5) is 2.24. The summed E-state index contributed by atoms with van der Waals surface area (Å²) < 4.78 is 12.1. The maximum atomic E-state index is 6.64. The number of nitrogens with zero attached hydrogens (tertiary/aromatic N) is 1. The molecule has 0 saturated carbocycles. The van der Waals surface area contributed by atoms with Gasteiger partial charge in [0, 0.05) is 0 Å². The van der Waals surface area contributed by atoms with Gasteiger partial charge in [-0.1, -0.05) is 60.7 Å². The second kappa shape index (κ2) is 9.73. The molecule has 0 spiro atoms. The third-order valence-corrected chi connectivity index (χ3v) is 5.42. The molecule has 0 heterocycles. The molecule has 0 unspecified atom stereocenters. The monoisotopic (exact) mass is 389 g/mol. The van der Waals surface area contributed by atoms with E-state index >= 15 is 0 Å². The first-order chi connectivity index (χ1) is 14.0. The smallest absolute Gasteiger partial charge is 0.119 e. The lowest BCUT2D eigenvalue weighted by molar-refractivity contribution is -0.0152. The fraction of sp³-hybridized carbons (Fsp3) is 0.308. The lowest BCUT2D eigenvalue weighted by Gasteiger charge is -2.33. The van der Waals surface area contributed by atoms with Crippen LogP contribution in [0, 0.1) is 13.8 Å². The number of rotatable bonds is 8. The maximum Gasteiger partial charge on any atom is 0.119 e. The summed E-state index contributed by atoms with van der Waals surface area (Å²) in [5.41, 5.74) is 6.02. The van der Waals surface area contributed by atoms with Crippen LogP contribution in [0.15, 0.2) is 72.8 Å². The fourth-order valence-corrected chi connectivity index (χ4v) is 3.88. The number of hydrogen-bond acceptors (Lipinski definition) is 3. The van der Waals surface area contributed by atoms with E-state index < -0.39 is 0 Å². The van der Waals surface area contributed by atoms with Gasteiger partial charge in [-0.25, -0.2) is 0 Å². The van der Waals surface area contributed by atoms with Gasteiger partial charge < -0.3 is 9.47 Å². The second-order valence-electron chi connectivity index (χ2n) is 7.70. The average Bonchev–Trinajstić information content (AvgIpc) is 2.73. The van der Waals surface area contributed by atoms with E-state index in [0.29, 0.717) is 6.61 Å². The van der Waals surface area contributed by atoms with Crippen molar-refractivity contribution in [3.8, 4) is 5.75 Å².